The lowest BCUT2D eigenvalue weighted by atomic mass is 9.99. The number of hydrogen-bond donors (Lipinski definition) is 2. The van der Waals surface area contributed by atoms with Gasteiger partial charge in [0.2, 0.25) is 0 Å². The third kappa shape index (κ3) is 1.82. The van der Waals surface area contributed by atoms with Gasteiger partial charge in [-0.3, -0.25) is 0 Å². The Hall–Kier alpha value is -1.83. The van der Waals surface area contributed by atoms with Crippen molar-refractivity contribution in [2.24, 2.45) is 0 Å². The van der Waals surface area contributed by atoms with Crippen LogP contribution in [0.2, 0.25) is 0 Å². The van der Waals surface area contributed by atoms with Crippen molar-refractivity contribution in [1.29, 1.82) is 0 Å². The number of aromatic nitrogens is 1. The van der Waals surface area contributed by atoms with Gasteiger partial charge in [-0.25, -0.2) is 9.78 Å². The number of pyridine rings is 1. The smallest absolute Gasteiger partial charge is 0.416 e. The molecule has 2 atom stereocenters. The lowest BCUT2D eigenvalue weighted by Crippen LogP contribution is -2.58. The Morgan fingerprint density at radius 3 is 2.90 bits per heavy atom. The highest BCUT2D eigenvalue weighted by atomic mass is 19.4. The van der Waals surface area contributed by atoms with E-state index < -0.39 is 23.2 Å². The van der Waals surface area contributed by atoms with Crippen LogP contribution in [0.25, 0.3) is 0 Å². The second kappa shape index (κ2) is 4.08. The molecular weight excluding hydrogens is 275 g/mol. The first-order chi connectivity index (χ1) is 9.33. The number of hydrogen-bond acceptors (Lipinski definition) is 4. The van der Waals surface area contributed by atoms with Gasteiger partial charge in [-0.15, -0.1) is 0 Å². The van der Waals surface area contributed by atoms with Crippen LogP contribution in [0, 0.1) is 0 Å². The van der Waals surface area contributed by atoms with Crippen molar-refractivity contribution in [3.63, 3.8) is 0 Å². The maximum absolute atomic E-state index is 12.7. The number of carbonyl (C=O) groups is 1. The lowest BCUT2D eigenvalue weighted by molar-refractivity contribution is -0.142. The molecule has 3 rings (SSSR count). The molecule has 0 saturated carbocycles. The topological polar surface area (TPSA) is 65.5 Å². The van der Waals surface area contributed by atoms with Crippen LogP contribution >= 0.6 is 0 Å². The van der Waals surface area contributed by atoms with Gasteiger partial charge in [0.1, 0.15) is 5.82 Å². The summed E-state index contributed by atoms with van der Waals surface area (Å²) in [7, 11) is 0. The molecule has 5 nitrogen and oxygen atoms in total. The fraction of sp³-hybridized carbons (Fsp3) is 0.500. The van der Waals surface area contributed by atoms with E-state index in [1.54, 1.807) is 0 Å². The fourth-order valence-electron chi connectivity index (χ4n) is 2.93. The van der Waals surface area contributed by atoms with E-state index in [9.17, 15) is 23.1 Å². The molecule has 0 radical (unpaired) electrons. The van der Waals surface area contributed by atoms with Gasteiger partial charge in [0.05, 0.1) is 5.56 Å². The van der Waals surface area contributed by atoms with Crippen molar-refractivity contribution < 1.29 is 23.1 Å². The first-order valence-electron chi connectivity index (χ1n) is 6.11. The summed E-state index contributed by atoms with van der Waals surface area (Å²) in [5.41, 5.74) is -2.01. The first-order valence-corrected chi connectivity index (χ1v) is 6.11. The van der Waals surface area contributed by atoms with Crippen molar-refractivity contribution >= 4 is 11.8 Å². The monoisotopic (exact) mass is 287 g/mol. The van der Waals surface area contributed by atoms with E-state index in [0.717, 1.165) is 18.3 Å². The minimum atomic E-state index is -4.47. The minimum Gasteiger partial charge on any atom is -0.479 e. The van der Waals surface area contributed by atoms with Crippen LogP contribution < -0.4 is 10.2 Å². The molecule has 0 aromatic carbocycles. The zero-order valence-corrected chi connectivity index (χ0v) is 10.3. The lowest BCUT2D eigenvalue weighted by Gasteiger charge is -2.36. The summed E-state index contributed by atoms with van der Waals surface area (Å²) < 4.78 is 38.2. The maximum atomic E-state index is 12.7. The zero-order valence-electron chi connectivity index (χ0n) is 10.3. The van der Waals surface area contributed by atoms with E-state index in [4.69, 9.17) is 0 Å². The van der Waals surface area contributed by atoms with Crippen LogP contribution in [-0.4, -0.2) is 40.7 Å². The van der Waals surface area contributed by atoms with Gasteiger partial charge in [0.25, 0.3) is 0 Å². The van der Waals surface area contributed by atoms with Crippen molar-refractivity contribution in [3.05, 3.63) is 23.9 Å². The molecular formula is C12H12F3N3O2. The maximum Gasteiger partial charge on any atom is 0.416 e. The van der Waals surface area contributed by atoms with Crippen molar-refractivity contribution in [1.82, 2.24) is 10.3 Å². The highest BCUT2D eigenvalue weighted by molar-refractivity contribution is 5.85. The van der Waals surface area contributed by atoms with E-state index in [0.29, 0.717) is 13.0 Å². The highest BCUT2D eigenvalue weighted by Gasteiger charge is 2.56. The number of aliphatic carboxylic acids is 1. The minimum absolute atomic E-state index is 0.0255. The molecule has 2 N–H and O–H groups in total. The van der Waals surface area contributed by atoms with Gasteiger partial charge in [0, 0.05) is 25.3 Å². The third-order valence-electron chi connectivity index (χ3n) is 3.93. The normalized spacial score (nSPS) is 28.9. The Bertz CT molecular complexity index is 563. The Morgan fingerprint density at radius 2 is 2.30 bits per heavy atom. The molecule has 108 valence electrons. The number of nitrogens with zero attached hydrogens (tertiary/aromatic N) is 2. The van der Waals surface area contributed by atoms with Crippen LogP contribution in [0.1, 0.15) is 12.0 Å². The molecule has 0 aliphatic carbocycles. The molecule has 1 aromatic rings. The molecule has 2 saturated heterocycles. The molecule has 0 unspecified atom stereocenters. The fourth-order valence-corrected chi connectivity index (χ4v) is 2.93. The van der Waals surface area contributed by atoms with Crippen molar-refractivity contribution in [2.75, 3.05) is 18.0 Å². The van der Waals surface area contributed by atoms with Gasteiger partial charge < -0.3 is 15.3 Å². The summed E-state index contributed by atoms with van der Waals surface area (Å²) in [4.78, 5) is 16.9. The summed E-state index contributed by atoms with van der Waals surface area (Å²) in [6.45, 7) is 0.561. The van der Waals surface area contributed by atoms with Gasteiger partial charge >= 0.3 is 12.1 Å². The Labute approximate surface area is 112 Å². The van der Waals surface area contributed by atoms with Gasteiger partial charge in [0.15, 0.2) is 5.54 Å². The van der Waals surface area contributed by atoms with Crippen molar-refractivity contribution in [3.8, 4) is 0 Å². The Kier molecular flexibility index (Phi) is 2.69. The standard InChI is InChI=1S/C12H12F3N3O2/c13-12(14,15)7-1-2-16-9(3-7)18-5-8-4-11(18,6-17-8)10(19)20/h1-3,8,17H,4-6H2,(H,19,20)/t8-,11-/m1/s1. The number of alkyl halides is 3. The van der Waals surface area contributed by atoms with Gasteiger partial charge in [-0.05, 0) is 18.6 Å². The molecule has 2 bridgehead atoms. The van der Waals surface area contributed by atoms with Crippen LogP contribution in [0.15, 0.2) is 18.3 Å². The summed E-state index contributed by atoms with van der Waals surface area (Å²) in [5.74, 6) is -0.976. The Balaban J connectivity index is 2.00. The number of halogens is 3. The van der Waals surface area contributed by atoms with Crippen LogP contribution in [0.5, 0.6) is 0 Å². The molecule has 20 heavy (non-hydrogen) atoms. The second-order valence-corrected chi connectivity index (χ2v) is 5.13. The van der Waals surface area contributed by atoms with E-state index in [2.05, 4.69) is 10.3 Å². The predicted octanol–water partition coefficient (Wildman–Crippen LogP) is 1.11. The number of carboxylic acids is 1. The van der Waals surface area contributed by atoms with E-state index in [1.807, 2.05) is 0 Å². The second-order valence-electron chi connectivity index (χ2n) is 5.13. The van der Waals surface area contributed by atoms with E-state index >= 15 is 0 Å². The van der Waals surface area contributed by atoms with Crippen LogP contribution in [0.3, 0.4) is 0 Å². The van der Waals surface area contributed by atoms with Crippen molar-refractivity contribution in [2.45, 2.75) is 24.2 Å². The van der Waals surface area contributed by atoms with E-state index in [-0.39, 0.29) is 18.4 Å². The number of anilines is 1. The number of piperazine rings is 1. The molecule has 2 aliphatic rings. The van der Waals surface area contributed by atoms with Crippen LogP contribution in [-0.2, 0) is 11.0 Å². The molecule has 2 aliphatic heterocycles. The quantitative estimate of drug-likeness (QED) is 0.853. The molecule has 1 aromatic heterocycles. The average Bonchev–Trinajstić information content (AvgIpc) is 2.97. The number of rotatable bonds is 2. The molecule has 8 heteroatoms. The zero-order chi connectivity index (χ0) is 14.5. The Morgan fingerprint density at radius 1 is 1.55 bits per heavy atom. The third-order valence-corrected chi connectivity index (χ3v) is 3.93. The SMILES string of the molecule is O=C(O)[C@@]12CN[C@@H](CN1c1cc(C(F)(F)F)ccn1)C2. The molecule has 3 heterocycles. The summed E-state index contributed by atoms with van der Waals surface area (Å²) in [5, 5.41) is 12.5. The van der Waals surface area contributed by atoms with Gasteiger partial charge in [-0.1, -0.05) is 0 Å². The number of fused-ring (bicyclic) bond motifs is 2. The molecule has 2 fully saturated rings. The first kappa shape index (κ1) is 13.2. The number of carboxylic acid groups (broad SMARTS) is 1. The average molecular weight is 287 g/mol. The van der Waals surface area contributed by atoms with Gasteiger partial charge in [-0.2, -0.15) is 13.2 Å². The summed E-state index contributed by atoms with van der Waals surface area (Å²) in [6, 6.07) is 1.76. The highest BCUT2D eigenvalue weighted by Crippen LogP contribution is 2.39. The molecule has 0 amide bonds. The number of nitrogens with one attached hydrogen (secondary N) is 1. The summed E-state index contributed by atoms with van der Waals surface area (Å²) >= 11 is 0. The summed E-state index contributed by atoms with van der Waals surface area (Å²) in [6.07, 6.45) is -3.03. The largest absolute Gasteiger partial charge is 0.479 e. The molecule has 0 spiro atoms. The predicted molar refractivity (Wildman–Crippen MR) is 63.4 cm³/mol. The van der Waals surface area contributed by atoms with E-state index in [1.165, 1.54) is 4.90 Å². The van der Waals surface area contributed by atoms with Crippen LogP contribution in [0.4, 0.5) is 19.0 Å².